The maximum Gasteiger partial charge on any atom is 0.151 e. The van der Waals surface area contributed by atoms with Gasteiger partial charge in [0.25, 0.3) is 0 Å². The zero-order valence-corrected chi connectivity index (χ0v) is 11.5. The van der Waals surface area contributed by atoms with Gasteiger partial charge in [0.2, 0.25) is 0 Å². The van der Waals surface area contributed by atoms with E-state index in [1.54, 1.807) is 0 Å². The Morgan fingerprint density at radius 1 is 1.16 bits per heavy atom. The summed E-state index contributed by atoms with van der Waals surface area (Å²) in [5.41, 5.74) is 6.22. The van der Waals surface area contributed by atoms with E-state index in [2.05, 4.69) is 18.7 Å². The molecule has 1 heterocycles. The molecule has 0 atom stereocenters. The van der Waals surface area contributed by atoms with Crippen molar-refractivity contribution < 1.29 is 8.78 Å². The lowest BCUT2D eigenvalue weighted by atomic mass is 10.1. The third kappa shape index (κ3) is 3.35. The monoisotopic (exact) mass is 269 g/mol. The summed E-state index contributed by atoms with van der Waals surface area (Å²) in [6.07, 6.45) is 0. The molecule has 1 saturated heterocycles. The van der Waals surface area contributed by atoms with Gasteiger partial charge in [-0.1, -0.05) is 13.8 Å². The number of anilines is 2. The highest BCUT2D eigenvalue weighted by Gasteiger charge is 2.21. The van der Waals surface area contributed by atoms with Crippen molar-refractivity contribution in [2.75, 3.05) is 43.4 Å². The number of hydrogen-bond donors (Lipinski definition) is 1. The first-order chi connectivity index (χ1) is 8.97. The van der Waals surface area contributed by atoms with E-state index in [1.807, 2.05) is 4.90 Å². The number of hydrogen-bond acceptors (Lipinski definition) is 3. The van der Waals surface area contributed by atoms with Gasteiger partial charge in [-0.05, 0) is 12.0 Å². The van der Waals surface area contributed by atoms with Crippen molar-refractivity contribution in [1.29, 1.82) is 0 Å². The Labute approximate surface area is 113 Å². The van der Waals surface area contributed by atoms with E-state index in [-0.39, 0.29) is 5.69 Å². The molecule has 0 spiro atoms. The minimum Gasteiger partial charge on any atom is -0.395 e. The van der Waals surface area contributed by atoms with Gasteiger partial charge in [0.05, 0.1) is 11.4 Å². The SMILES string of the molecule is CC(C)CN1CCN(c2cc(F)cc(F)c2N)CC1. The lowest BCUT2D eigenvalue weighted by molar-refractivity contribution is 0.231. The summed E-state index contributed by atoms with van der Waals surface area (Å²) in [5.74, 6) is -0.630. The van der Waals surface area contributed by atoms with Crippen LogP contribution in [0.15, 0.2) is 12.1 Å². The fourth-order valence-electron chi connectivity index (χ4n) is 2.52. The Kier molecular flexibility index (Phi) is 4.24. The molecule has 19 heavy (non-hydrogen) atoms. The summed E-state index contributed by atoms with van der Waals surface area (Å²) in [5, 5.41) is 0. The van der Waals surface area contributed by atoms with Gasteiger partial charge in [0.15, 0.2) is 5.82 Å². The van der Waals surface area contributed by atoms with Gasteiger partial charge < -0.3 is 10.6 Å². The molecule has 5 heteroatoms. The third-order valence-corrected chi connectivity index (χ3v) is 3.41. The summed E-state index contributed by atoms with van der Waals surface area (Å²) in [4.78, 5) is 4.32. The van der Waals surface area contributed by atoms with Crippen molar-refractivity contribution in [2.45, 2.75) is 13.8 Å². The quantitative estimate of drug-likeness (QED) is 0.855. The molecule has 1 fully saturated rings. The molecule has 106 valence electrons. The van der Waals surface area contributed by atoms with Gasteiger partial charge in [-0.2, -0.15) is 0 Å². The lowest BCUT2D eigenvalue weighted by Crippen LogP contribution is -2.47. The number of nitrogens with zero attached hydrogens (tertiary/aromatic N) is 2. The molecule has 0 aliphatic carbocycles. The Morgan fingerprint density at radius 2 is 1.79 bits per heavy atom. The van der Waals surface area contributed by atoms with Gasteiger partial charge in [-0.3, -0.25) is 4.90 Å². The molecule has 2 N–H and O–H groups in total. The predicted octanol–water partition coefficient (Wildman–Crippen LogP) is 2.33. The highest BCUT2D eigenvalue weighted by Crippen LogP contribution is 2.28. The van der Waals surface area contributed by atoms with E-state index in [4.69, 9.17) is 5.73 Å². The summed E-state index contributed by atoms with van der Waals surface area (Å²) in [7, 11) is 0. The van der Waals surface area contributed by atoms with E-state index in [0.29, 0.717) is 11.6 Å². The average molecular weight is 269 g/mol. The first-order valence-corrected chi connectivity index (χ1v) is 6.69. The molecule has 3 nitrogen and oxygen atoms in total. The van der Waals surface area contributed by atoms with E-state index in [1.165, 1.54) is 6.07 Å². The molecule has 1 aliphatic heterocycles. The van der Waals surface area contributed by atoms with E-state index >= 15 is 0 Å². The molecule has 2 rings (SSSR count). The van der Waals surface area contributed by atoms with Crippen LogP contribution in [-0.2, 0) is 0 Å². The zero-order valence-electron chi connectivity index (χ0n) is 11.5. The molecule has 0 amide bonds. The third-order valence-electron chi connectivity index (χ3n) is 3.41. The minimum absolute atomic E-state index is 0.0405. The standard InChI is InChI=1S/C14H21F2N3/c1-10(2)9-18-3-5-19(6-4-18)13-8-11(15)7-12(16)14(13)17/h7-8,10H,3-6,9,17H2,1-2H3. The summed E-state index contributed by atoms with van der Waals surface area (Å²) in [6, 6.07) is 2.14. The molecule has 0 aromatic heterocycles. The Morgan fingerprint density at radius 3 is 2.37 bits per heavy atom. The van der Waals surface area contributed by atoms with Crippen LogP contribution in [0.5, 0.6) is 0 Å². The van der Waals surface area contributed by atoms with Crippen molar-refractivity contribution >= 4 is 11.4 Å². The Bertz CT molecular complexity index is 441. The van der Waals surface area contributed by atoms with Crippen molar-refractivity contribution in [3.05, 3.63) is 23.8 Å². The number of nitrogen functional groups attached to an aromatic ring is 1. The largest absolute Gasteiger partial charge is 0.395 e. The molecule has 0 bridgehead atoms. The normalized spacial score (nSPS) is 17.2. The van der Waals surface area contributed by atoms with Crippen molar-refractivity contribution in [1.82, 2.24) is 4.90 Å². The van der Waals surface area contributed by atoms with Crippen LogP contribution in [-0.4, -0.2) is 37.6 Å². The number of rotatable bonds is 3. The Hall–Kier alpha value is -1.36. The molecular formula is C14H21F2N3. The molecule has 1 aromatic rings. The molecule has 0 saturated carbocycles. The van der Waals surface area contributed by atoms with Gasteiger partial charge in [0, 0.05) is 38.8 Å². The lowest BCUT2D eigenvalue weighted by Gasteiger charge is -2.37. The zero-order chi connectivity index (χ0) is 14.0. The maximum atomic E-state index is 13.4. The predicted molar refractivity (Wildman–Crippen MR) is 74.3 cm³/mol. The number of halogens is 2. The van der Waals surface area contributed by atoms with E-state index < -0.39 is 11.6 Å². The van der Waals surface area contributed by atoms with Crippen molar-refractivity contribution in [3.63, 3.8) is 0 Å². The Balaban J connectivity index is 2.05. The van der Waals surface area contributed by atoms with Crippen LogP contribution >= 0.6 is 0 Å². The van der Waals surface area contributed by atoms with Gasteiger partial charge in [0.1, 0.15) is 5.82 Å². The van der Waals surface area contributed by atoms with Gasteiger partial charge in [-0.15, -0.1) is 0 Å². The molecule has 1 aromatic carbocycles. The van der Waals surface area contributed by atoms with Crippen molar-refractivity contribution in [3.8, 4) is 0 Å². The van der Waals surface area contributed by atoms with Gasteiger partial charge in [-0.25, -0.2) is 8.78 Å². The summed E-state index contributed by atoms with van der Waals surface area (Å²) >= 11 is 0. The molecule has 0 radical (unpaired) electrons. The highest BCUT2D eigenvalue weighted by atomic mass is 19.1. The average Bonchev–Trinajstić information content (AvgIpc) is 2.34. The van der Waals surface area contributed by atoms with E-state index in [9.17, 15) is 8.78 Å². The topological polar surface area (TPSA) is 32.5 Å². The number of benzene rings is 1. The minimum atomic E-state index is -0.681. The second-order valence-electron chi connectivity index (χ2n) is 5.50. The first-order valence-electron chi connectivity index (χ1n) is 6.69. The van der Waals surface area contributed by atoms with Crippen LogP contribution in [0.4, 0.5) is 20.2 Å². The van der Waals surface area contributed by atoms with Gasteiger partial charge >= 0.3 is 0 Å². The van der Waals surface area contributed by atoms with Crippen LogP contribution in [0.2, 0.25) is 0 Å². The fraction of sp³-hybridized carbons (Fsp3) is 0.571. The van der Waals surface area contributed by atoms with Crippen LogP contribution in [0, 0.1) is 17.6 Å². The number of nitrogens with two attached hydrogens (primary N) is 1. The molecule has 0 unspecified atom stereocenters. The van der Waals surface area contributed by atoms with Crippen LogP contribution in [0.3, 0.4) is 0 Å². The van der Waals surface area contributed by atoms with E-state index in [0.717, 1.165) is 38.8 Å². The highest BCUT2D eigenvalue weighted by molar-refractivity contribution is 5.68. The maximum absolute atomic E-state index is 13.4. The van der Waals surface area contributed by atoms with Crippen LogP contribution in [0.25, 0.3) is 0 Å². The second-order valence-corrected chi connectivity index (χ2v) is 5.50. The summed E-state index contributed by atoms with van der Waals surface area (Å²) in [6.45, 7) is 8.73. The molecular weight excluding hydrogens is 248 g/mol. The number of piperazine rings is 1. The second kappa shape index (κ2) is 5.74. The van der Waals surface area contributed by atoms with Crippen LogP contribution < -0.4 is 10.6 Å². The first kappa shape index (κ1) is 14.1. The van der Waals surface area contributed by atoms with Crippen LogP contribution in [0.1, 0.15) is 13.8 Å². The smallest absolute Gasteiger partial charge is 0.151 e. The fourth-order valence-corrected chi connectivity index (χ4v) is 2.52. The van der Waals surface area contributed by atoms with Crippen molar-refractivity contribution in [2.24, 2.45) is 5.92 Å². The molecule has 1 aliphatic rings. The summed E-state index contributed by atoms with van der Waals surface area (Å²) < 4.78 is 26.7.